The van der Waals surface area contributed by atoms with Gasteiger partial charge in [0.2, 0.25) is 0 Å². The lowest BCUT2D eigenvalue weighted by atomic mass is 9.88. The van der Waals surface area contributed by atoms with Crippen LogP contribution < -0.4 is 0 Å². The SMILES string of the molecule is CCN1CCN(CC(C)(CC)CO)CC1. The standard InChI is InChI=1S/C12H26N2O/c1-4-12(3,11-15)10-14-8-6-13(5-2)7-9-14/h15H,4-11H2,1-3H3. The average Bonchev–Trinajstić information content (AvgIpc) is 2.30. The molecule has 1 N–H and O–H groups in total. The molecule has 3 nitrogen and oxygen atoms in total. The van der Waals surface area contributed by atoms with Crippen molar-refractivity contribution in [3.8, 4) is 0 Å². The van der Waals surface area contributed by atoms with Crippen LogP contribution in [-0.2, 0) is 0 Å². The van der Waals surface area contributed by atoms with Crippen LogP contribution in [0, 0.1) is 5.41 Å². The van der Waals surface area contributed by atoms with Crippen molar-refractivity contribution >= 4 is 0 Å². The summed E-state index contributed by atoms with van der Waals surface area (Å²) in [5.74, 6) is 0. The molecule has 90 valence electrons. The zero-order chi connectivity index (χ0) is 11.3. The van der Waals surface area contributed by atoms with Crippen molar-refractivity contribution in [1.29, 1.82) is 0 Å². The topological polar surface area (TPSA) is 26.7 Å². The fourth-order valence-corrected chi connectivity index (χ4v) is 2.08. The molecule has 1 heterocycles. The minimum Gasteiger partial charge on any atom is -0.396 e. The number of likely N-dealkylation sites (N-methyl/N-ethyl adjacent to an activating group) is 1. The highest BCUT2D eigenvalue weighted by Crippen LogP contribution is 2.22. The Hall–Kier alpha value is -0.120. The molecular formula is C12H26N2O. The monoisotopic (exact) mass is 214 g/mol. The molecule has 0 aliphatic carbocycles. The number of aliphatic hydroxyl groups is 1. The van der Waals surface area contributed by atoms with Crippen LogP contribution in [0.25, 0.3) is 0 Å². The molecule has 0 spiro atoms. The quantitative estimate of drug-likeness (QED) is 0.740. The molecule has 1 aliphatic heterocycles. The second-order valence-electron chi connectivity index (χ2n) is 5.03. The van der Waals surface area contributed by atoms with Gasteiger partial charge >= 0.3 is 0 Å². The van der Waals surface area contributed by atoms with Gasteiger partial charge in [0.25, 0.3) is 0 Å². The van der Waals surface area contributed by atoms with Crippen molar-refractivity contribution in [3.63, 3.8) is 0 Å². The van der Waals surface area contributed by atoms with E-state index in [-0.39, 0.29) is 5.41 Å². The first-order valence-corrected chi connectivity index (χ1v) is 6.19. The first kappa shape index (κ1) is 12.9. The number of hydrogen-bond donors (Lipinski definition) is 1. The van der Waals surface area contributed by atoms with Crippen molar-refractivity contribution < 1.29 is 5.11 Å². The lowest BCUT2D eigenvalue weighted by Gasteiger charge is -2.39. The molecule has 0 saturated carbocycles. The molecule has 1 atom stereocenters. The third-order valence-electron chi connectivity index (χ3n) is 3.75. The Kier molecular flexibility index (Phi) is 5.03. The van der Waals surface area contributed by atoms with Crippen molar-refractivity contribution in [2.24, 2.45) is 5.41 Å². The molecule has 0 aromatic heterocycles. The zero-order valence-electron chi connectivity index (χ0n) is 10.5. The Bertz CT molecular complexity index is 172. The van der Waals surface area contributed by atoms with Crippen LogP contribution in [0.15, 0.2) is 0 Å². The first-order chi connectivity index (χ1) is 7.13. The lowest BCUT2D eigenvalue weighted by molar-refractivity contribution is 0.0555. The molecule has 1 unspecified atom stereocenters. The highest BCUT2D eigenvalue weighted by Gasteiger charge is 2.26. The first-order valence-electron chi connectivity index (χ1n) is 6.19. The van der Waals surface area contributed by atoms with E-state index in [1.165, 1.54) is 19.6 Å². The molecule has 1 aliphatic rings. The Morgan fingerprint density at radius 3 is 2.00 bits per heavy atom. The molecule has 1 saturated heterocycles. The van der Waals surface area contributed by atoms with E-state index in [9.17, 15) is 5.11 Å². The van der Waals surface area contributed by atoms with Gasteiger partial charge in [-0.3, -0.25) is 0 Å². The van der Waals surface area contributed by atoms with E-state index >= 15 is 0 Å². The van der Waals surface area contributed by atoms with Gasteiger partial charge in [0, 0.05) is 44.7 Å². The van der Waals surface area contributed by atoms with Gasteiger partial charge < -0.3 is 14.9 Å². The number of hydrogen-bond acceptors (Lipinski definition) is 3. The van der Waals surface area contributed by atoms with Crippen LogP contribution in [0.1, 0.15) is 27.2 Å². The molecule has 3 heteroatoms. The molecule has 0 amide bonds. The smallest absolute Gasteiger partial charge is 0.0496 e. The summed E-state index contributed by atoms with van der Waals surface area (Å²) in [4.78, 5) is 4.98. The molecule has 15 heavy (non-hydrogen) atoms. The van der Waals surface area contributed by atoms with Crippen LogP contribution in [-0.4, -0.2) is 60.8 Å². The highest BCUT2D eigenvalue weighted by molar-refractivity contribution is 4.79. The van der Waals surface area contributed by atoms with Crippen molar-refractivity contribution in [2.45, 2.75) is 27.2 Å². The van der Waals surface area contributed by atoms with E-state index in [4.69, 9.17) is 0 Å². The Morgan fingerprint density at radius 2 is 1.60 bits per heavy atom. The fourth-order valence-electron chi connectivity index (χ4n) is 2.08. The van der Waals surface area contributed by atoms with Gasteiger partial charge in [0.1, 0.15) is 0 Å². The summed E-state index contributed by atoms with van der Waals surface area (Å²) >= 11 is 0. The third-order valence-corrected chi connectivity index (χ3v) is 3.75. The zero-order valence-corrected chi connectivity index (χ0v) is 10.5. The Balaban J connectivity index is 2.34. The van der Waals surface area contributed by atoms with E-state index < -0.39 is 0 Å². The molecule has 1 fully saturated rings. The van der Waals surface area contributed by atoms with Gasteiger partial charge in [-0.05, 0) is 13.0 Å². The molecule has 0 bridgehead atoms. The maximum atomic E-state index is 9.38. The lowest BCUT2D eigenvalue weighted by Crippen LogP contribution is -2.49. The van der Waals surface area contributed by atoms with Crippen LogP contribution >= 0.6 is 0 Å². The third kappa shape index (κ3) is 3.74. The molecule has 0 radical (unpaired) electrons. The summed E-state index contributed by atoms with van der Waals surface area (Å²) in [6, 6.07) is 0. The van der Waals surface area contributed by atoms with Gasteiger partial charge in [-0.1, -0.05) is 20.8 Å². The fraction of sp³-hybridized carbons (Fsp3) is 1.00. The maximum absolute atomic E-state index is 9.38. The predicted molar refractivity (Wildman–Crippen MR) is 64.0 cm³/mol. The van der Waals surface area contributed by atoms with Crippen LogP contribution in [0.4, 0.5) is 0 Å². The Morgan fingerprint density at radius 1 is 1.07 bits per heavy atom. The van der Waals surface area contributed by atoms with Gasteiger partial charge in [-0.15, -0.1) is 0 Å². The van der Waals surface area contributed by atoms with Gasteiger partial charge in [-0.2, -0.15) is 0 Å². The molecule has 0 aromatic rings. The minimum atomic E-state index is 0.0917. The summed E-state index contributed by atoms with van der Waals surface area (Å²) in [6.45, 7) is 13.8. The predicted octanol–water partition coefficient (Wildman–Crippen LogP) is 1.03. The van der Waals surface area contributed by atoms with Gasteiger partial charge in [0.15, 0.2) is 0 Å². The molecule has 0 aromatic carbocycles. The van der Waals surface area contributed by atoms with Crippen LogP contribution in [0.2, 0.25) is 0 Å². The summed E-state index contributed by atoms with van der Waals surface area (Å²) in [5, 5.41) is 9.38. The van der Waals surface area contributed by atoms with Crippen LogP contribution in [0.3, 0.4) is 0 Å². The Labute approximate surface area is 94.1 Å². The van der Waals surface area contributed by atoms with E-state index in [0.29, 0.717) is 6.61 Å². The summed E-state index contributed by atoms with van der Waals surface area (Å²) < 4.78 is 0. The van der Waals surface area contributed by atoms with Crippen molar-refractivity contribution in [3.05, 3.63) is 0 Å². The van der Waals surface area contributed by atoms with E-state index in [1.807, 2.05) is 0 Å². The van der Waals surface area contributed by atoms with Crippen LogP contribution in [0.5, 0.6) is 0 Å². The molecular weight excluding hydrogens is 188 g/mol. The summed E-state index contributed by atoms with van der Waals surface area (Å²) in [6.07, 6.45) is 1.05. The number of nitrogens with zero attached hydrogens (tertiary/aromatic N) is 2. The largest absolute Gasteiger partial charge is 0.396 e. The van der Waals surface area contributed by atoms with E-state index in [0.717, 1.165) is 26.1 Å². The van der Waals surface area contributed by atoms with Gasteiger partial charge in [0.05, 0.1) is 0 Å². The second-order valence-corrected chi connectivity index (χ2v) is 5.03. The normalized spacial score (nSPS) is 24.0. The van der Waals surface area contributed by atoms with Crippen molar-refractivity contribution in [1.82, 2.24) is 9.80 Å². The number of rotatable bonds is 5. The maximum Gasteiger partial charge on any atom is 0.0496 e. The minimum absolute atomic E-state index is 0.0917. The van der Waals surface area contributed by atoms with Gasteiger partial charge in [-0.25, -0.2) is 0 Å². The molecule has 1 rings (SSSR count). The second kappa shape index (κ2) is 5.83. The average molecular weight is 214 g/mol. The van der Waals surface area contributed by atoms with Crippen molar-refractivity contribution in [2.75, 3.05) is 45.9 Å². The summed E-state index contributed by atoms with van der Waals surface area (Å²) in [7, 11) is 0. The van der Waals surface area contributed by atoms with E-state index in [1.54, 1.807) is 0 Å². The summed E-state index contributed by atoms with van der Waals surface area (Å²) in [5.41, 5.74) is 0.0917. The number of aliphatic hydroxyl groups excluding tert-OH is 1. The number of piperazine rings is 1. The van der Waals surface area contributed by atoms with E-state index in [2.05, 4.69) is 30.6 Å². The highest BCUT2D eigenvalue weighted by atomic mass is 16.3.